The molecule has 1 aromatic carbocycles. The normalized spacial score (nSPS) is 10.6. The molecule has 0 aliphatic rings. The quantitative estimate of drug-likeness (QED) is 0.576. The summed E-state index contributed by atoms with van der Waals surface area (Å²) in [6, 6.07) is 8.44. The summed E-state index contributed by atoms with van der Waals surface area (Å²) in [5.74, 6) is 0. The lowest BCUT2D eigenvalue weighted by atomic mass is 10.1. The van der Waals surface area contributed by atoms with Gasteiger partial charge >= 0.3 is 0 Å². The lowest BCUT2D eigenvalue weighted by molar-refractivity contribution is 0.899. The van der Waals surface area contributed by atoms with E-state index in [0.717, 1.165) is 4.64 Å². The SMILES string of the molecule is Cc1ccc2ccn(C)c(=S)c2c1. The van der Waals surface area contributed by atoms with Crippen LogP contribution in [-0.2, 0) is 7.05 Å². The number of hydrogen-bond acceptors (Lipinski definition) is 1. The van der Waals surface area contributed by atoms with E-state index in [4.69, 9.17) is 12.2 Å². The minimum absolute atomic E-state index is 0.904. The van der Waals surface area contributed by atoms with E-state index in [9.17, 15) is 0 Å². The molecule has 0 N–H and O–H groups in total. The van der Waals surface area contributed by atoms with Gasteiger partial charge in [0.25, 0.3) is 0 Å². The van der Waals surface area contributed by atoms with Gasteiger partial charge in [0.15, 0.2) is 0 Å². The van der Waals surface area contributed by atoms with Crippen LogP contribution in [0.1, 0.15) is 5.56 Å². The maximum atomic E-state index is 5.32. The van der Waals surface area contributed by atoms with Gasteiger partial charge in [-0.05, 0) is 24.4 Å². The van der Waals surface area contributed by atoms with E-state index in [1.807, 2.05) is 17.8 Å². The third-order valence-electron chi connectivity index (χ3n) is 2.24. The van der Waals surface area contributed by atoms with Crippen LogP contribution >= 0.6 is 12.2 Å². The first kappa shape index (κ1) is 8.45. The highest BCUT2D eigenvalue weighted by molar-refractivity contribution is 7.71. The van der Waals surface area contributed by atoms with Gasteiger partial charge in [-0.15, -0.1) is 0 Å². The van der Waals surface area contributed by atoms with Crippen LogP contribution in [0.25, 0.3) is 10.8 Å². The van der Waals surface area contributed by atoms with Crippen LogP contribution in [0.2, 0.25) is 0 Å². The molecule has 0 saturated heterocycles. The molecule has 0 aliphatic carbocycles. The molecule has 2 aromatic rings. The van der Waals surface area contributed by atoms with Crippen LogP contribution in [-0.4, -0.2) is 4.57 Å². The molecule has 0 unspecified atom stereocenters. The molecule has 2 rings (SSSR count). The summed E-state index contributed by atoms with van der Waals surface area (Å²) in [7, 11) is 1.98. The Labute approximate surface area is 82.6 Å². The molecular formula is C11H11NS. The summed E-state index contributed by atoms with van der Waals surface area (Å²) in [6.45, 7) is 2.08. The summed E-state index contributed by atoms with van der Waals surface area (Å²) in [6.07, 6.45) is 2.00. The lowest BCUT2D eigenvalue weighted by Gasteiger charge is -2.03. The molecule has 0 saturated carbocycles. The molecule has 0 spiro atoms. The first-order chi connectivity index (χ1) is 6.18. The molecule has 0 radical (unpaired) electrons. The average molecular weight is 189 g/mol. The highest BCUT2D eigenvalue weighted by atomic mass is 32.1. The molecule has 0 aliphatic heterocycles. The Balaban J connectivity index is 2.97. The third kappa shape index (κ3) is 1.38. The molecule has 0 fully saturated rings. The molecule has 2 heteroatoms. The Morgan fingerprint density at radius 2 is 2.00 bits per heavy atom. The third-order valence-corrected chi connectivity index (χ3v) is 2.75. The topological polar surface area (TPSA) is 4.93 Å². The zero-order valence-corrected chi connectivity index (χ0v) is 8.56. The van der Waals surface area contributed by atoms with Gasteiger partial charge < -0.3 is 4.57 Å². The summed E-state index contributed by atoms with van der Waals surface area (Å²) in [5.41, 5.74) is 1.25. The lowest BCUT2D eigenvalue weighted by Crippen LogP contribution is -1.91. The molecule has 13 heavy (non-hydrogen) atoms. The first-order valence-electron chi connectivity index (χ1n) is 4.24. The minimum atomic E-state index is 0.904. The molecule has 0 amide bonds. The van der Waals surface area contributed by atoms with Crippen LogP contribution in [0, 0.1) is 11.6 Å². The van der Waals surface area contributed by atoms with Gasteiger partial charge in [-0.1, -0.05) is 29.9 Å². The van der Waals surface area contributed by atoms with Crippen molar-refractivity contribution in [1.82, 2.24) is 4.57 Å². The van der Waals surface area contributed by atoms with E-state index in [0.29, 0.717) is 0 Å². The number of nitrogens with zero attached hydrogens (tertiary/aromatic N) is 1. The molecule has 1 aromatic heterocycles. The largest absolute Gasteiger partial charge is 0.342 e. The van der Waals surface area contributed by atoms with Crippen molar-refractivity contribution in [3.8, 4) is 0 Å². The van der Waals surface area contributed by atoms with Gasteiger partial charge in [-0.3, -0.25) is 0 Å². The van der Waals surface area contributed by atoms with Crippen molar-refractivity contribution >= 4 is 23.0 Å². The van der Waals surface area contributed by atoms with Crippen molar-refractivity contribution < 1.29 is 0 Å². The fraction of sp³-hybridized carbons (Fsp3) is 0.182. The summed E-state index contributed by atoms with van der Waals surface area (Å²) < 4.78 is 2.87. The van der Waals surface area contributed by atoms with Crippen molar-refractivity contribution in [3.05, 3.63) is 40.7 Å². The molecule has 1 nitrogen and oxygen atoms in total. The highest BCUT2D eigenvalue weighted by Crippen LogP contribution is 2.16. The number of aryl methyl sites for hydroxylation is 2. The first-order valence-corrected chi connectivity index (χ1v) is 4.65. The van der Waals surface area contributed by atoms with Gasteiger partial charge in [-0.25, -0.2) is 0 Å². The van der Waals surface area contributed by atoms with Gasteiger partial charge in [-0.2, -0.15) is 0 Å². The standard InChI is InChI=1S/C11H11NS/c1-8-3-4-9-5-6-12(2)11(13)10(9)7-8/h3-7H,1-2H3. The predicted molar refractivity (Wildman–Crippen MR) is 58.5 cm³/mol. The predicted octanol–water partition coefficient (Wildman–Crippen LogP) is 3.22. The Hall–Kier alpha value is -1.15. The Bertz CT molecular complexity index is 506. The summed E-state index contributed by atoms with van der Waals surface area (Å²) >= 11 is 5.32. The molecular weight excluding hydrogens is 178 g/mol. The van der Waals surface area contributed by atoms with Gasteiger partial charge in [0, 0.05) is 18.6 Å². The van der Waals surface area contributed by atoms with E-state index < -0.39 is 0 Å². The number of rotatable bonds is 0. The van der Waals surface area contributed by atoms with E-state index in [1.54, 1.807) is 0 Å². The number of fused-ring (bicyclic) bond motifs is 1. The van der Waals surface area contributed by atoms with Gasteiger partial charge in [0.2, 0.25) is 0 Å². The maximum Gasteiger partial charge on any atom is 0.113 e. The number of hydrogen-bond donors (Lipinski definition) is 0. The van der Waals surface area contributed by atoms with Crippen molar-refractivity contribution in [1.29, 1.82) is 0 Å². The van der Waals surface area contributed by atoms with Crippen molar-refractivity contribution in [2.75, 3.05) is 0 Å². The average Bonchev–Trinajstić information content (AvgIpc) is 2.12. The molecule has 0 bridgehead atoms. The van der Waals surface area contributed by atoms with Crippen LogP contribution in [0.3, 0.4) is 0 Å². The van der Waals surface area contributed by atoms with Gasteiger partial charge in [0.05, 0.1) is 0 Å². The molecule has 1 heterocycles. The zero-order valence-electron chi connectivity index (χ0n) is 7.74. The van der Waals surface area contributed by atoms with Crippen LogP contribution in [0.15, 0.2) is 30.5 Å². The fourth-order valence-electron chi connectivity index (χ4n) is 1.45. The second-order valence-corrected chi connectivity index (χ2v) is 3.71. The zero-order chi connectivity index (χ0) is 9.42. The summed E-state index contributed by atoms with van der Waals surface area (Å²) in [4.78, 5) is 0. The van der Waals surface area contributed by atoms with E-state index in [-0.39, 0.29) is 0 Å². The van der Waals surface area contributed by atoms with Crippen molar-refractivity contribution in [3.63, 3.8) is 0 Å². The second kappa shape index (κ2) is 2.96. The van der Waals surface area contributed by atoms with E-state index in [1.165, 1.54) is 16.3 Å². The van der Waals surface area contributed by atoms with Crippen molar-refractivity contribution in [2.24, 2.45) is 7.05 Å². The Kier molecular flexibility index (Phi) is 1.93. The summed E-state index contributed by atoms with van der Waals surface area (Å²) in [5, 5.41) is 2.38. The number of aromatic nitrogens is 1. The van der Waals surface area contributed by atoms with E-state index >= 15 is 0 Å². The van der Waals surface area contributed by atoms with Crippen LogP contribution in [0.5, 0.6) is 0 Å². The van der Waals surface area contributed by atoms with Crippen LogP contribution < -0.4 is 0 Å². The highest BCUT2D eigenvalue weighted by Gasteiger charge is 1.96. The number of benzene rings is 1. The minimum Gasteiger partial charge on any atom is -0.342 e. The molecule has 66 valence electrons. The van der Waals surface area contributed by atoms with E-state index in [2.05, 4.69) is 31.2 Å². The Morgan fingerprint density at radius 1 is 1.23 bits per heavy atom. The second-order valence-electron chi connectivity index (χ2n) is 3.32. The van der Waals surface area contributed by atoms with Crippen molar-refractivity contribution in [2.45, 2.75) is 6.92 Å². The Morgan fingerprint density at radius 3 is 2.77 bits per heavy atom. The van der Waals surface area contributed by atoms with Gasteiger partial charge in [0.1, 0.15) is 4.64 Å². The number of pyridine rings is 1. The fourth-order valence-corrected chi connectivity index (χ4v) is 1.69. The monoisotopic (exact) mass is 189 g/mol. The maximum absolute atomic E-state index is 5.32. The smallest absolute Gasteiger partial charge is 0.113 e. The van der Waals surface area contributed by atoms with Crippen LogP contribution in [0.4, 0.5) is 0 Å². The molecule has 0 atom stereocenters.